The van der Waals surface area contributed by atoms with Gasteiger partial charge in [0.25, 0.3) is 0 Å². The summed E-state index contributed by atoms with van der Waals surface area (Å²) in [6.45, 7) is 8.44. The van der Waals surface area contributed by atoms with E-state index in [1.54, 1.807) is 0 Å². The molecule has 1 rings (SSSR count). The van der Waals surface area contributed by atoms with Crippen molar-refractivity contribution in [3.8, 4) is 5.75 Å². The van der Waals surface area contributed by atoms with Gasteiger partial charge in [0.1, 0.15) is 5.75 Å². The Labute approximate surface area is 111 Å². The Kier molecular flexibility index (Phi) is 6.16. The van der Waals surface area contributed by atoms with Crippen molar-refractivity contribution in [2.75, 3.05) is 19.7 Å². The van der Waals surface area contributed by atoms with Gasteiger partial charge < -0.3 is 16.2 Å². The first kappa shape index (κ1) is 15.0. The second-order valence-electron chi connectivity index (χ2n) is 5.33. The standard InChI is InChI=1S/C15H26N2O/c1-11(2)10-18-15-5-4-14(12(3)6-15)7-13(8-16)9-17/h4-6,11,13H,7-10,16-17H2,1-3H3. The van der Waals surface area contributed by atoms with Crippen LogP contribution in [0, 0.1) is 18.8 Å². The van der Waals surface area contributed by atoms with Crippen LogP contribution in [0.15, 0.2) is 18.2 Å². The lowest BCUT2D eigenvalue weighted by Gasteiger charge is -2.15. The van der Waals surface area contributed by atoms with Crippen LogP contribution >= 0.6 is 0 Å². The summed E-state index contributed by atoms with van der Waals surface area (Å²) < 4.78 is 5.71. The van der Waals surface area contributed by atoms with Crippen LogP contribution in [-0.2, 0) is 6.42 Å². The van der Waals surface area contributed by atoms with Crippen LogP contribution < -0.4 is 16.2 Å². The topological polar surface area (TPSA) is 61.3 Å². The number of nitrogens with two attached hydrogens (primary N) is 2. The summed E-state index contributed by atoms with van der Waals surface area (Å²) in [5.41, 5.74) is 13.9. The number of hydrogen-bond acceptors (Lipinski definition) is 3. The van der Waals surface area contributed by atoms with Crippen LogP contribution in [0.5, 0.6) is 5.75 Å². The first-order valence-electron chi connectivity index (χ1n) is 6.69. The minimum Gasteiger partial charge on any atom is -0.493 e. The van der Waals surface area contributed by atoms with Crippen LogP contribution in [0.2, 0.25) is 0 Å². The first-order valence-corrected chi connectivity index (χ1v) is 6.69. The van der Waals surface area contributed by atoms with Crippen LogP contribution in [-0.4, -0.2) is 19.7 Å². The molecule has 0 aromatic heterocycles. The highest BCUT2D eigenvalue weighted by Crippen LogP contribution is 2.20. The lowest BCUT2D eigenvalue weighted by atomic mass is 9.96. The molecule has 0 saturated heterocycles. The molecule has 3 heteroatoms. The van der Waals surface area contributed by atoms with Gasteiger partial charge in [-0.05, 0) is 61.5 Å². The summed E-state index contributed by atoms with van der Waals surface area (Å²) in [7, 11) is 0. The second-order valence-corrected chi connectivity index (χ2v) is 5.33. The quantitative estimate of drug-likeness (QED) is 0.779. The monoisotopic (exact) mass is 250 g/mol. The molecule has 0 heterocycles. The van der Waals surface area contributed by atoms with Gasteiger partial charge in [0.2, 0.25) is 0 Å². The van der Waals surface area contributed by atoms with E-state index in [1.807, 2.05) is 6.07 Å². The summed E-state index contributed by atoms with van der Waals surface area (Å²) in [5.74, 6) is 1.86. The first-order chi connectivity index (χ1) is 8.56. The van der Waals surface area contributed by atoms with Crippen LogP contribution in [0.4, 0.5) is 0 Å². The van der Waals surface area contributed by atoms with Gasteiger partial charge >= 0.3 is 0 Å². The highest BCUT2D eigenvalue weighted by molar-refractivity contribution is 5.35. The van der Waals surface area contributed by atoms with E-state index in [0.717, 1.165) is 18.8 Å². The Bertz CT molecular complexity index is 360. The van der Waals surface area contributed by atoms with E-state index in [4.69, 9.17) is 16.2 Å². The molecule has 18 heavy (non-hydrogen) atoms. The number of hydrogen-bond donors (Lipinski definition) is 2. The SMILES string of the molecule is Cc1cc(OCC(C)C)ccc1CC(CN)CN. The minimum absolute atomic E-state index is 0.367. The number of aryl methyl sites for hydroxylation is 1. The van der Waals surface area contributed by atoms with Crippen molar-refractivity contribution < 1.29 is 4.74 Å². The zero-order chi connectivity index (χ0) is 13.5. The van der Waals surface area contributed by atoms with Gasteiger partial charge in [0, 0.05) is 0 Å². The van der Waals surface area contributed by atoms with Gasteiger partial charge in [-0.2, -0.15) is 0 Å². The van der Waals surface area contributed by atoms with Crippen molar-refractivity contribution in [1.29, 1.82) is 0 Å². The van der Waals surface area contributed by atoms with Gasteiger partial charge in [-0.15, -0.1) is 0 Å². The average molecular weight is 250 g/mol. The van der Waals surface area contributed by atoms with Gasteiger partial charge in [-0.25, -0.2) is 0 Å². The van der Waals surface area contributed by atoms with E-state index in [2.05, 4.69) is 32.9 Å². The molecule has 0 radical (unpaired) electrons. The Balaban J connectivity index is 2.67. The maximum absolute atomic E-state index is 5.71. The Morgan fingerprint density at radius 1 is 1.17 bits per heavy atom. The molecule has 0 spiro atoms. The maximum atomic E-state index is 5.71. The molecule has 1 aromatic carbocycles. The van der Waals surface area contributed by atoms with Crippen molar-refractivity contribution in [2.24, 2.45) is 23.3 Å². The van der Waals surface area contributed by atoms with Crippen molar-refractivity contribution in [3.63, 3.8) is 0 Å². The minimum atomic E-state index is 0.367. The fourth-order valence-electron chi connectivity index (χ4n) is 1.82. The van der Waals surface area contributed by atoms with E-state index in [-0.39, 0.29) is 0 Å². The van der Waals surface area contributed by atoms with Crippen molar-refractivity contribution >= 4 is 0 Å². The highest BCUT2D eigenvalue weighted by atomic mass is 16.5. The zero-order valence-electron chi connectivity index (χ0n) is 11.8. The molecule has 0 aliphatic heterocycles. The van der Waals surface area contributed by atoms with E-state index >= 15 is 0 Å². The molecule has 3 nitrogen and oxygen atoms in total. The Morgan fingerprint density at radius 2 is 1.83 bits per heavy atom. The third-order valence-corrected chi connectivity index (χ3v) is 3.07. The number of rotatable bonds is 7. The van der Waals surface area contributed by atoms with Crippen molar-refractivity contribution in [2.45, 2.75) is 27.2 Å². The van der Waals surface area contributed by atoms with Gasteiger partial charge in [-0.1, -0.05) is 19.9 Å². The van der Waals surface area contributed by atoms with Crippen molar-refractivity contribution in [3.05, 3.63) is 29.3 Å². The molecule has 0 bridgehead atoms. The van der Waals surface area contributed by atoms with E-state index in [0.29, 0.717) is 24.9 Å². The molecule has 4 N–H and O–H groups in total. The predicted octanol–water partition coefficient (Wildman–Crippen LogP) is 2.11. The van der Waals surface area contributed by atoms with Crippen LogP contribution in [0.1, 0.15) is 25.0 Å². The molecule has 0 unspecified atom stereocenters. The Hall–Kier alpha value is -1.06. The zero-order valence-corrected chi connectivity index (χ0v) is 11.8. The summed E-state index contributed by atoms with van der Waals surface area (Å²) in [5, 5.41) is 0. The van der Waals surface area contributed by atoms with Gasteiger partial charge in [-0.3, -0.25) is 0 Å². The van der Waals surface area contributed by atoms with E-state index in [1.165, 1.54) is 11.1 Å². The van der Waals surface area contributed by atoms with Crippen LogP contribution in [0.3, 0.4) is 0 Å². The van der Waals surface area contributed by atoms with E-state index < -0.39 is 0 Å². The summed E-state index contributed by atoms with van der Waals surface area (Å²) in [6, 6.07) is 6.26. The fourth-order valence-corrected chi connectivity index (χ4v) is 1.82. The summed E-state index contributed by atoms with van der Waals surface area (Å²) in [6.07, 6.45) is 0.948. The molecule has 0 saturated carbocycles. The van der Waals surface area contributed by atoms with Crippen LogP contribution in [0.25, 0.3) is 0 Å². The molecule has 0 atom stereocenters. The second kappa shape index (κ2) is 7.39. The molecular weight excluding hydrogens is 224 g/mol. The number of benzene rings is 1. The normalized spacial score (nSPS) is 11.3. The fraction of sp³-hybridized carbons (Fsp3) is 0.600. The third-order valence-electron chi connectivity index (χ3n) is 3.07. The average Bonchev–Trinajstić information content (AvgIpc) is 2.35. The van der Waals surface area contributed by atoms with E-state index in [9.17, 15) is 0 Å². The number of ether oxygens (including phenoxy) is 1. The largest absolute Gasteiger partial charge is 0.493 e. The smallest absolute Gasteiger partial charge is 0.119 e. The molecule has 102 valence electrons. The van der Waals surface area contributed by atoms with Crippen molar-refractivity contribution in [1.82, 2.24) is 0 Å². The lowest BCUT2D eigenvalue weighted by Crippen LogP contribution is -2.25. The molecule has 0 aliphatic carbocycles. The summed E-state index contributed by atoms with van der Waals surface area (Å²) in [4.78, 5) is 0. The van der Waals surface area contributed by atoms with Gasteiger partial charge in [0.15, 0.2) is 0 Å². The molecule has 0 amide bonds. The molecule has 0 aliphatic rings. The third kappa shape index (κ3) is 4.67. The molecular formula is C15H26N2O. The molecule has 1 aromatic rings. The lowest BCUT2D eigenvalue weighted by molar-refractivity contribution is 0.271. The predicted molar refractivity (Wildman–Crippen MR) is 76.8 cm³/mol. The Morgan fingerprint density at radius 3 is 2.33 bits per heavy atom. The van der Waals surface area contributed by atoms with Gasteiger partial charge in [0.05, 0.1) is 6.61 Å². The summed E-state index contributed by atoms with van der Waals surface area (Å²) >= 11 is 0. The maximum Gasteiger partial charge on any atom is 0.119 e. The molecule has 0 fully saturated rings. The highest BCUT2D eigenvalue weighted by Gasteiger charge is 2.08.